The highest BCUT2D eigenvalue weighted by atomic mass is 32.3. The molecule has 1 aromatic carbocycles. The van der Waals surface area contributed by atoms with Crippen molar-refractivity contribution in [3.05, 3.63) is 41.5 Å². The average molecular weight is 607 g/mol. The quantitative estimate of drug-likeness (QED) is 0.139. The predicted molar refractivity (Wildman–Crippen MR) is 179 cm³/mol. The maximum Gasteiger partial charge on any atom is 0.251 e. The molecule has 2 heterocycles. The van der Waals surface area contributed by atoms with Crippen molar-refractivity contribution in [1.29, 1.82) is 5.41 Å². The van der Waals surface area contributed by atoms with Gasteiger partial charge in [-0.05, 0) is 67.3 Å². The Morgan fingerprint density at radius 1 is 1.12 bits per heavy atom. The van der Waals surface area contributed by atoms with Crippen LogP contribution >= 0.6 is 0 Å². The van der Waals surface area contributed by atoms with Gasteiger partial charge >= 0.3 is 0 Å². The number of carbonyl (C=O) groups is 1. The van der Waals surface area contributed by atoms with Crippen LogP contribution in [0.1, 0.15) is 86.6 Å². The van der Waals surface area contributed by atoms with E-state index in [1.807, 2.05) is 52.9 Å². The first-order valence-corrected chi connectivity index (χ1v) is 17.9. The summed E-state index contributed by atoms with van der Waals surface area (Å²) in [7, 11) is -1.15. The molecule has 240 valence electrons. The molecule has 0 aliphatic carbocycles. The van der Waals surface area contributed by atoms with Crippen LogP contribution in [0.2, 0.25) is 0 Å². The molecule has 2 fully saturated rings. The SMILES string of the molecule is C=C(NC(=O)/C(C)=C(\C)C(=N)CCC)c1cc(S2(=O)(N3CC(N(C)CCO)C3)CC2)ccc1OCC.CC.CCCC. The first-order chi connectivity index (χ1) is 19.9. The molecule has 3 rings (SSSR count). The Morgan fingerprint density at radius 3 is 2.19 bits per heavy atom. The van der Waals surface area contributed by atoms with Gasteiger partial charge in [0, 0.05) is 64.6 Å². The Balaban J connectivity index is 0.00000135. The number of aliphatic hydroxyl groups is 1. The fraction of sp³-hybridized carbons (Fsp3) is 0.636. The van der Waals surface area contributed by atoms with Crippen molar-refractivity contribution >= 4 is 26.6 Å². The van der Waals surface area contributed by atoms with Crippen molar-refractivity contribution in [2.45, 2.75) is 92.0 Å². The van der Waals surface area contributed by atoms with Crippen LogP contribution in [0.4, 0.5) is 0 Å². The van der Waals surface area contributed by atoms with Gasteiger partial charge in [-0.1, -0.05) is 60.5 Å². The Kier molecular flexibility index (Phi) is 15.3. The molecule has 3 N–H and O–H groups in total. The molecule has 0 radical (unpaired) electrons. The van der Waals surface area contributed by atoms with E-state index in [0.717, 1.165) is 11.3 Å². The number of nitrogens with zero attached hydrogens (tertiary/aromatic N) is 2. The van der Waals surface area contributed by atoms with E-state index in [1.165, 1.54) is 12.8 Å². The maximum atomic E-state index is 14.5. The monoisotopic (exact) mass is 606 g/mol. The number of nitrogens with one attached hydrogen (secondary N) is 2. The summed E-state index contributed by atoms with van der Waals surface area (Å²) in [6.45, 7) is 22.4. The molecule has 0 atom stereocenters. The molecule has 8 nitrogen and oxygen atoms in total. The number of aliphatic hydroxyl groups excluding tert-OH is 1. The van der Waals surface area contributed by atoms with Gasteiger partial charge in [0.15, 0.2) is 0 Å². The summed E-state index contributed by atoms with van der Waals surface area (Å²) in [5, 5.41) is 20.3. The van der Waals surface area contributed by atoms with Crippen molar-refractivity contribution in [1.82, 2.24) is 14.5 Å². The predicted octanol–water partition coefficient (Wildman–Crippen LogP) is 5.88. The summed E-state index contributed by atoms with van der Waals surface area (Å²) in [6, 6.07) is 5.86. The first-order valence-electron chi connectivity index (χ1n) is 15.6. The fourth-order valence-corrected chi connectivity index (χ4v) is 8.57. The molecule has 9 heteroatoms. The number of carbonyl (C=O) groups excluding carboxylic acids is 1. The summed E-state index contributed by atoms with van der Waals surface area (Å²) in [4.78, 5) is 15.8. The number of rotatable bonds is 14. The van der Waals surface area contributed by atoms with Gasteiger partial charge in [-0.25, -0.2) is 4.31 Å². The van der Waals surface area contributed by atoms with Gasteiger partial charge in [0.2, 0.25) is 0 Å². The van der Waals surface area contributed by atoms with Gasteiger partial charge in [0.1, 0.15) is 5.75 Å². The highest BCUT2D eigenvalue weighted by molar-refractivity contribution is 8.24. The Labute approximate surface area is 255 Å². The Hall–Kier alpha value is -2.33. The van der Waals surface area contributed by atoms with Crippen LogP contribution in [0.3, 0.4) is 0 Å². The van der Waals surface area contributed by atoms with E-state index in [0.29, 0.717) is 78.0 Å². The first kappa shape index (κ1) is 37.7. The third kappa shape index (κ3) is 8.85. The van der Waals surface area contributed by atoms with Gasteiger partial charge in [0.25, 0.3) is 5.91 Å². The van der Waals surface area contributed by atoms with Crippen LogP contribution in [0.25, 0.3) is 5.70 Å². The van der Waals surface area contributed by atoms with Crippen LogP contribution < -0.4 is 10.1 Å². The number of hydrogen-bond donors (Lipinski definition) is 3. The third-order valence-electron chi connectivity index (χ3n) is 7.99. The van der Waals surface area contributed by atoms with E-state index < -0.39 is 9.25 Å². The highest BCUT2D eigenvalue weighted by Crippen LogP contribution is 2.54. The normalized spacial score (nSPS) is 18.4. The van der Waals surface area contributed by atoms with E-state index >= 15 is 0 Å². The van der Waals surface area contributed by atoms with E-state index in [9.17, 15) is 14.1 Å². The number of ether oxygens (including phenoxy) is 1. The topological polar surface area (TPSA) is 106 Å². The summed E-state index contributed by atoms with van der Waals surface area (Å²) in [5.41, 5.74) is 2.60. The second-order valence-electron chi connectivity index (χ2n) is 10.9. The van der Waals surface area contributed by atoms with Crippen molar-refractivity contribution in [2.75, 3.05) is 51.4 Å². The summed E-state index contributed by atoms with van der Waals surface area (Å²) >= 11 is 0. The minimum Gasteiger partial charge on any atom is -0.493 e. The average Bonchev–Trinajstić information content (AvgIpc) is 3.67. The molecule has 0 spiro atoms. The summed E-state index contributed by atoms with van der Waals surface area (Å²) in [6.07, 6.45) is 4.11. The van der Waals surface area contributed by atoms with Crippen molar-refractivity contribution in [2.24, 2.45) is 0 Å². The molecule has 2 aliphatic rings. The van der Waals surface area contributed by atoms with Crippen LogP contribution in [0.5, 0.6) is 5.75 Å². The molecule has 42 heavy (non-hydrogen) atoms. The van der Waals surface area contributed by atoms with E-state index in [2.05, 4.69) is 34.9 Å². The molecule has 0 bridgehead atoms. The van der Waals surface area contributed by atoms with Gasteiger partial charge in [-0.3, -0.25) is 13.9 Å². The maximum absolute atomic E-state index is 14.5. The molecule has 2 aliphatic heterocycles. The molecule has 1 aromatic rings. The number of likely N-dealkylation sites (N-methyl/N-ethyl adjacent to an activating group) is 1. The van der Waals surface area contributed by atoms with Crippen LogP contribution in [0, 0.1) is 5.41 Å². The second kappa shape index (κ2) is 17.1. The van der Waals surface area contributed by atoms with E-state index in [4.69, 9.17) is 10.1 Å². The lowest BCUT2D eigenvalue weighted by atomic mass is 10.0. The molecule has 0 aromatic heterocycles. The number of allylic oxidation sites excluding steroid dienone is 1. The number of unbranched alkanes of at least 4 members (excludes halogenated alkanes) is 1. The zero-order chi connectivity index (χ0) is 32.1. The van der Waals surface area contributed by atoms with Gasteiger partial charge in [-0.2, -0.15) is 0 Å². The lowest BCUT2D eigenvalue weighted by Gasteiger charge is -2.51. The molecular weight excluding hydrogens is 548 g/mol. The van der Waals surface area contributed by atoms with Crippen LogP contribution in [-0.4, -0.2) is 87.6 Å². The van der Waals surface area contributed by atoms with Crippen LogP contribution in [-0.2, 0) is 14.0 Å². The molecule has 1 amide bonds. The van der Waals surface area contributed by atoms with Gasteiger partial charge in [0.05, 0.1) is 13.2 Å². The molecule has 0 unspecified atom stereocenters. The molecular formula is C33H58N4O4S. The van der Waals surface area contributed by atoms with Gasteiger partial charge < -0.3 is 20.6 Å². The Bertz CT molecular complexity index is 1160. The third-order valence-corrected chi connectivity index (χ3v) is 12.3. The standard InChI is InChI=1S/C27H42N4O4S.C4H10.C2H6/c1-7-9-25(28)19(3)20(4)27(33)29-21(5)24-16-23(10-11-26(24)35-8-2)36(34,14-15-36)31-17-22(18-31)30(6)12-13-32;1-3-4-2;1-2/h10-11,16,22,28,32H,5,7-9,12-15,17-18H2,1-4,6H3,(H,29,33);3-4H2,1-2H3;1-2H3/b20-19+,28-25?;;. The summed E-state index contributed by atoms with van der Waals surface area (Å²) < 4.78 is 22.4. The molecule has 2 saturated heterocycles. The minimum absolute atomic E-state index is 0.107. The largest absolute Gasteiger partial charge is 0.493 e. The Morgan fingerprint density at radius 2 is 1.71 bits per heavy atom. The number of hydrogen-bond acceptors (Lipinski definition) is 6. The van der Waals surface area contributed by atoms with Crippen molar-refractivity contribution < 1.29 is 18.8 Å². The van der Waals surface area contributed by atoms with Crippen molar-refractivity contribution in [3.8, 4) is 5.75 Å². The summed E-state index contributed by atoms with van der Waals surface area (Å²) in [5.74, 6) is 1.52. The van der Waals surface area contributed by atoms with E-state index in [-0.39, 0.29) is 18.6 Å². The number of amides is 1. The minimum atomic E-state index is -3.13. The molecule has 0 saturated carbocycles. The zero-order valence-electron chi connectivity index (χ0n) is 27.8. The fourth-order valence-electron chi connectivity index (χ4n) is 4.58. The van der Waals surface area contributed by atoms with Gasteiger partial charge in [-0.15, -0.1) is 0 Å². The van der Waals surface area contributed by atoms with Crippen LogP contribution in [0.15, 0.2) is 40.8 Å². The second-order valence-corrected chi connectivity index (χ2v) is 15.1. The highest BCUT2D eigenvalue weighted by Gasteiger charge is 2.60. The lowest BCUT2D eigenvalue weighted by molar-refractivity contribution is -0.116. The smallest absolute Gasteiger partial charge is 0.251 e. The van der Waals surface area contributed by atoms with Crippen molar-refractivity contribution in [3.63, 3.8) is 0 Å². The number of benzene rings is 1. The zero-order valence-corrected chi connectivity index (χ0v) is 28.6. The lowest BCUT2D eigenvalue weighted by Crippen LogP contribution is -2.63. The van der Waals surface area contributed by atoms with E-state index in [1.54, 1.807) is 13.8 Å².